The average Bonchev–Trinajstić information content (AvgIpc) is 2.99. The van der Waals surface area contributed by atoms with E-state index in [1.807, 2.05) is 0 Å². The predicted molar refractivity (Wildman–Crippen MR) is 88.8 cm³/mol. The van der Waals surface area contributed by atoms with Crippen LogP contribution in [0.5, 0.6) is 0 Å². The lowest BCUT2D eigenvalue weighted by atomic mass is 10.3. The normalized spacial score (nSPS) is 11.4. The van der Waals surface area contributed by atoms with E-state index in [1.165, 1.54) is 18.3 Å². The lowest BCUT2D eigenvalue weighted by Crippen LogP contribution is -2.28. The monoisotopic (exact) mass is 404 g/mol. The van der Waals surface area contributed by atoms with Crippen molar-refractivity contribution in [1.82, 2.24) is 14.8 Å². The Morgan fingerprint density at radius 3 is 2.70 bits per heavy atom. The molecule has 1 amide bonds. The minimum Gasteiger partial charge on any atom is -0.477 e. The van der Waals surface area contributed by atoms with Gasteiger partial charge < -0.3 is 20.3 Å². The maximum Gasteiger partial charge on any atom is 0.354 e. The first-order chi connectivity index (χ1) is 12.7. The quantitative estimate of drug-likeness (QED) is 0.576. The van der Waals surface area contributed by atoms with Crippen LogP contribution in [-0.2, 0) is 22.7 Å². The first-order valence-corrected chi connectivity index (χ1v) is 7.86. The Bertz CT molecular complexity index is 813. The van der Waals surface area contributed by atoms with Gasteiger partial charge in [-0.3, -0.25) is 4.79 Å². The zero-order valence-electron chi connectivity index (χ0n) is 13.7. The molecule has 0 saturated carbocycles. The van der Waals surface area contributed by atoms with E-state index in [-0.39, 0.29) is 17.2 Å². The number of aromatic carboxylic acids is 1. The molecule has 0 aliphatic heterocycles. The third-order valence-electron chi connectivity index (χ3n) is 3.13. The molecule has 0 unspecified atom stereocenters. The van der Waals surface area contributed by atoms with Gasteiger partial charge in [0.05, 0.1) is 17.3 Å². The number of alkyl halides is 2. The Kier molecular flexibility index (Phi) is 6.77. The maximum absolute atomic E-state index is 12.9. The van der Waals surface area contributed by atoms with Gasteiger partial charge in [-0.1, -0.05) is 11.6 Å². The van der Waals surface area contributed by atoms with Crippen molar-refractivity contribution >= 4 is 29.3 Å². The molecule has 2 rings (SSSR count). The van der Waals surface area contributed by atoms with Crippen LogP contribution in [0.3, 0.4) is 0 Å². The number of aliphatic hydroxyl groups is 1. The molecule has 12 heteroatoms. The summed E-state index contributed by atoms with van der Waals surface area (Å²) in [5.74, 6) is -5.16. The molecular formula is C15H15ClF2N4O5. The molecular weight excluding hydrogens is 390 g/mol. The van der Waals surface area contributed by atoms with E-state index in [4.69, 9.17) is 21.4 Å². The highest BCUT2D eigenvalue weighted by molar-refractivity contribution is 6.30. The number of nitrogens with zero attached hydrogens (tertiary/aromatic N) is 3. The Balaban J connectivity index is 2.02. The van der Waals surface area contributed by atoms with Gasteiger partial charge in [0.2, 0.25) is 5.91 Å². The number of amides is 1. The molecule has 146 valence electrons. The van der Waals surface area contributed by atoms with Crippen LogP contribution in [0.25, 0.3) is 0 Å². The summed E-state index contributed by atoms with van der Waals surface area (Å²) in [7, 11) is 0. The fourth-order valence-electron chi connectivity index (χ4n) is 1.95. The number of anilines is 1. The lowest BCUT2D eigenvalue weighted by molar-refractivity contribution is -0.117. The summed E-state index contributed by atoms with van der Waals surface area (Å²) in [5.41, 5.74) is -0.278. The summed E-state index contributed by atoms with van der Waals surface area (Å²) in [4.78, 5) is 27.2. The van der Waals surface area contributed by atoms with Gasteiger partial charge in [-0.25, -0.2) is 23.2 Å². The lowest BCUT2D eigenvalue weighted by Gasteiger charge is -2.12. The number of pyridine rings is 1. The highest BCUT2D eigenvalue weighted by Crippen LogP contribution is 2.14. The third kappa shape index (κ3) is 6.24. The van der Waals surface area contributed by atoms with E-state index in [0.29, 0.717) is 5.02 Å². The van der Waals surface area contributed by atoms with E-state index in [1.54, 1.807) is 0 Å². The number of carbonyl (C=O) groups is 2. The predicted octanol–water partition coefficient (Wildman–Crippen LogP) is 1.41. The highest BCUT2D eigenvalue weighted by Gasteiger charge is 2.28. The van der Waals surface area contributed by atoms with Gasteiger partial charge in [0.25, 0.3) is 5.92 Å². The van der Waals surface area contributed by atoms with Gasteiger partial charge in [0, 0.05) is 6.20 Å². The van der Waals surface area contributed by atoms with Crippen molar-refractivity contribution < 1.29 is 33.3 Å². The third-order valence-corrected chi connectivity index (χ3v) is 3.36. The standard InChI is InChI=1S/C15H15ClF2N4O5/c16-9-1-2-12(19-4-9)20-13(24)5-22-11(14(25)26)3-10(21-22)6-27-8-15(17,18)7-23/h1-4,23H,5-8H2,(H,25,26)(H,19,20,24). The fourth-order valence-corrected chi connectivity index (χ4v) is 2.06. The minimum absolute atomic E-state index is 0.0403. The first-order valence-electron chi connectivity index (χ1n) is 7.48. The molecule has 2 heterocycles. The van der Waals surface area contributed by atoms with Crippen LogP contribution in [0.1, 0.15) is 16.2 Å². The molecule has 3 N–H and O–H groups in total. The Hall–Kier alpha value is -2.63. The number of ether oxygens (including phenoxy) is 1. The summed E-state index contributed by atoms with van der Waals surface area (Å²) in [5, 5.41) is 24.4. The van der Waals surface area contributed by atoms with Gasteiger partial charge in [-0.2, -0.15) is 5.10 Å². The van der Waals surface area contributed by atoms with Crippen molar-refractivity contribution in [2.75, 3.05) is 18.5 Å². The number of aliphatic hydroxyl groups excluding tert-OH is 1. The molecule has 0 radical (unpaired) electrons. The van der Waals surface area contributed by atoms with Gasteiger partial charge in [0.15, 0.2) is 0 Å². The van der Waals surface area contributed by atoms with Crippen LogP contribution in [-0.4, -0.2) is 56.0 Å². The van der Waals surface area contributed by atoms with E-state index >= 15 is 0 Å². The smallest absolute Gasteiger partial charge is 0.354 e. The van der Waals surface area contributed by atoms with Gasteiger partial charge >= 0.3 is 5.97 Å². The molecule has 0 aliphatic rings. The van der Waals surface area contributed by atoms with Crippen LogP contribution < -0.4 is 5.32 Å². The number of nitrogens with one attached hydrogen (secondary N) is 1. The van der Waals surface area contributed by atoms with Crippen LogP contribution in [0, 0.1) is 0 Å². The summed E-state index contributed by atoms with van der Waals surface area (Å²) >= 11 is 5.69. The number of hydrogen-bond acceptors (Lipinski definition) is 6. The number of carboxylic acid groups (broad SMARTS) is 1. The number of halogens is 3. The van der Waals surface area contributed by atoms with Crippen LogP contribution in [0.4, 0.5) is 14.6 Å². The second kappa shape index (κ2) is 8.84. The average molecular weight is 405 g/mol. The van der Waals surface area contributed by atoms with Crippen molar-refractivity contribution in [2.45, 2.75) is 19.1 Å². The zero-order valence-corrected chi connectivity index (χ0v) is 14.5. The fraction of sp³-hybridized carbons (Fsp3) is 0.333. The van der Waals surface area contributed by atoms with Crippen LogP contribution in [0.2, 0.25) is 5.02 Å². The molecule has 2 aromatic heterocycles. The summed E-state index contributed by atoms with van der Waals surface area (Å²) in [6.45, 7) is -3.29. The molecule has 0 aromatic carbocycles. The largest absolute Gasteiger partial charge is 0.477 e. The van der Waals surface area contributed by atoms with Crippen molar-refractivity contribution in [3.05, 3.63) is 40.8 Å². The maximum atomic E-state index is 12.9. The van der Waals surface area contributed by atoms with Crippen LogP contribution in [0.15, 0.2) is 24.4 Å². The molecule has 0 saturated heterocycles. The van der Waals surface area contributed by atoms with Crippen molar-refractivity contribution in [1.29, 1.82) is 0 Å². The topological polar surface area (TPSA) is 127 Å². The molecule has 0 atom stereocenters. The van der Waals surface area contributed by atoms with Gasteiger partial charge in [-0.05, 0) is 18.2 Å². The Labute approximate surface area is 156 Å². The molecule has 0 fully saturated rings. The van der Waals surface area contributed by atoms with Crippen molar-refractivity contribution in [2.24, 2.45) is 0 Å². The summed E-state index contributed by atoms with van der Waals surface area (Å²) in [6.07, 6.45) is 1.32. The highest BCUT2D eigenvalue weighted by atomic mass is 35.5. The Morgan fingerprint density at radius 1 is 1.37 bits per heavy atom. The summed E-state index contributed by atoms with van der Waals surface area (Å²) in [6, 6.07) is 4.08. The van der Waals surface area contributed by atoms with Gasteiger partial charge in [-0.15, -0.1) is 0 Å². The van der Waals surface area contributed by atoms with E-state index < -0.39 is 44.2 Å². The number of rotatable bonds is 9. The van der Waals surface area contributed by atoms with E-state index in [2.05, 4.69) is 15.4 Å². The van der Waals surface area contributed by atoms with Gasteiger partial charge in [0.1, 0.15) is 31.3 Å². The summed E-state index contributed by atoms with van der Waals surface area (Å²) < 4.78 is 31.5. The molecule has 27 heavy (non-hydrogen) atoms. The minimum atomic E-state index is -3.41. The van der Waals surface area contributed by atoms with E-state index in [9.17, 15) is 23.5 Å². The molecule has 0 bridgehead atoms. The van der Waals surface area contributed by atoms with E-state index in [0.717, 1.165) is 10.7 Å². The molecule has 2 aromatic rings. The number of carbonyl (C=O) groups excluding carboxylic acids is 1. The molecule has 9 nitrogen and oxygen atoms in total. The second-order valence-electron chi connectivity index (χ2n) is 5.40. The van der Waals surface area contributed by atoms with Crippen molar-refractivity contribution in [3.8, 4) is 0 Å². The number of aromatic nitrogens is 3. The molecule has 0 spiro atoms. The number of carboxylic acids is 1. The molecule has 0 aliphatic carbocycles. The van der Waals surface area contributed by atoms with Crippen LogP contribution >= 0.6 is 11.6 Å². The second-order valence-corrected chi connectivity index (χ2v) is 5.84. The zero-order chi connectivity index (χ0) is 20.0. The first kappa shape index (κ1) is 20.7. The number of hydrogen-bond donors (Lipinski definition) is 3. The SMILES string of the molecule is O=C(Cn1nc(COCC(F)(F)CO)cc1C(=O)O)Nc1ccc(Cl)cn1. The Morgan fingerprint density at radius 2 is 2.11 bits per heavy atom. The van der Waals surface area contributed by atoms with Crippen molar-refractivity contribution in [3.63, 3.8) is 0 Å².